The topological polar surface area (TPSA) is 35.5 Å². The highest BCUT2D eigenvalue weighted by molar-refractivity contribution is 4.86. The molecule has 3 heteroatoms. The van der Waals surface area contributed by atoms with Crippen LogP contribution in [0, 0.1) is 5.92 Å². The zero-order chi connectivity index (χ0) is 13.6. The molecule has 0 saturated heterocycles. The molecule has 1 aliphatic rings. The minimum absolute atomic E-state index is 0.462. The van der Waals surface area contributed by atoms with Crippen molar-refractivity contribution < 1.29 is 5.11 Å². The van der Waals surface area contributed by atoms with E-state index in [0.29, 0.717) is 12.0 Å². The second-order valence-corrected chi connectivity index (χ2v) is 6.63. The van der Waals surface area contributed by atoms with Crippen LogP contribution in [0.5, 0.6) is 0 Å². The van der Waals surface area contributed by atoms with E-state index in [1.165, 1.54) is 25.7 Å². The maximum absolute atomic E-state index is 10.6. The van der Waals surface area contributed by atoms with Crippen molar-refractivity contribution in [2.45, 2.75) is 64.0 Å². The fourth-order valence-electron chi connectivity index (χ4n) is 2.79. The van der Waals surface area contributed by atoms with Gasteiger partial charge in [0.05, 0.1) is 5.60 Å². The van der Waals surface area contributed by atoms with Gasteiger partial charge >= 0.3 is 0 Å². The lowest BCUT2D eigenvalue weighted by atomic mass is 9.93. The summed E-state index contributed by atoms with van der Waals surface area (Å²) >= 11 is 0. The summed E-state index contributed by atoms with van der Waals surface area (Å²) in [5, 5.41) is 14.2. The largest absolute Gasteiger partial charge is 0.389 e. The van der Waals surface area contributed by atoms with Gasteiger partial charge in [0.2, 0.25) is 0 Å². The Hall–Kier alpha value is -0.120. The van der Waals surface area contributed by atoms with Gasteiger partial charge in [-0.15, -0.1) is 0 Å². The van der Waals surface area contributed by atoms with Crippen LogP contribution in [0.2, 0.25) is 0 Å². The molecule has 0 spiro atoms. The van der Waals surface area contributed by atoms with E-state index in [-0.39, 0.29) is 0 Å². The van der Waals surface area contributed by atoms with Crippen LogP contribution in [0.1, 0.15) is 52.4 Å². The maximum atomic E-state index is 10.6. The van der Waals surface area contributed by atoms with E-state index in [2.05, 4.69) is 38.2 Å². The van der Waals surface area contributed by atoms with E-state index >= 15 is 0 Å². The van der Waals surface area contributed by atoms with Crippen LogP contribution >= 0.6 is 0 Å². The van der Waals surface area contributed by atoms with Gasteiger partial charge in [0, 0.05) is 19.1 Å². The van der Waals surface area contributed by atoms with E-state index in [4.69, 9.17) is 0 Å². The minimum atomic E-state index is -0.462. The molecule has 0 aromatic heterocycles. The lowest BCUT2D eigenvalue weighted by molar-refractivity contribution is 0.0203. The Morgan fingerprint density at radius 2 is 1.67 bits per heavy atom. The summed E-state index contributed by atoms with van der Waals surface area (Å²) in [4.78, 5) is 2.22. The summed E-state index contributed by atoms with van der Waals surface area (Å²) in [7, 11) is 4.22. The van der Waals surface area contributed by atoms with Gasteiger partial charge in [-0.1, -0.05) is 39.5 Å². The highest BCUT2D eigenvalue weighted by Crippen LogP contribution is 2.26. The number of nitrogens with zero attached hydrogens (tertiary/aromatic N) is 1. The SMILES string of the molecule is CC(C)C(CN(C)C)NCC1(O)CCCCCC1. The first kappa shape index (κ1) is 15.9. The summed E-state index contributed by atoms with van der Waals surface area (Å²) in [5.74, 6) is 0.599. The molecule has 0 heterocycles. The molecule has 18 heavy (non-hydrogen) atoms. The van der Waals surface area contributed by atoms with Crippen molar-refractivity contribution >= 4 is 0 Å². The number of nitrogens with one attached hydrogen (secondary N) is 1. The van der Waals surface area contributed by atoms with E-state index in [1.54, 1.807) is 0 Å². The van der Waals surface area contributed by atoms with Crippen molar-refractivity contribution in [3.8, 4) is 0 Å². The Bertz CT molecular complexity index is 221. The molecule has 1 saturated carbocycles. The fraction of sp³-hybridized carbons (Fsp3) is 1.00. The van der Waals surface area contributed by atoms with Gasteiger partial charge in [0.15, 0.2) is 0 Å². The molecule has 0 amide bonds. The minimum Gasteiger partial charge on any atom is -0.389 e. The predicted molar refractivity (Wildman–Crippen MR) is 77.8 cm³/mol. The third kappa shape index (κ3) is 5.68. The Kier molecular flexibility index (Phi) is 6.61. The predicted octanol–water partition coefficient (Wildman–Crippen LogP) is 2.25. The lowest BCUT2D eigenvalue weighted by Crippen LogP contribution is -2.49. The molecule has 0 radical (unpaired) electrons. The third-order valence-corrected chi connectivity index (χ3v) is 4.09. The molecule has 108 valence electrons. The van der Waals surface area contributed by atoms with Gasteiger partial charge in [-0.3, -0.25) is 0 Å². The van der Waals surface area contributed by atoms with E-state index in [9.17, 15) is 5.11 Å². The van der Waals surface area contributed by atoms with Gasteiger partial charge in [0.25, 0.3) is 0 Å². The molecule has 0 aromatic rings. The molecular formula is C15H32N2O. The van der Waals surface area contributed by atoms with E-state index in [1.807, 2.05) is 0 Å². The average Bonchev–Trinajstić information content (AvgIpc) is 2.49. The second-order valence-electron chi connectivity index (χ2n) is 6.63. The molecule has 0 aromatic carbocycles. The van der Waals surface area contributed by atoms with Crippen LogP contribution in [0.25, 0.3) is 0 Å². The lowest BCUT2D eigenvalue weighted by Gasteiger charge is -2.32. The quantitative estimate of drug-likeness (QED) is 0.716. The van der Waals surface area contributed by atoms with E-state index in [0.717, 1.165) is 25.9 Å². The number of hydrogen-bond donors (Lipinski definition) is 2. The Labute approximate surface area is 113 Å². The average molecular weight is 256 g/mol. The number of hydrogen-bond acceptors (Lipinski definition) is 3. The van der Waals surface area contributed by atoms with Crippen LogP contribution in [-0.2, 0) is 0 Å². The molecular weight excluding hydrogens is 224 g/mol. The molecule has 1 aliphatic carbocycles. The smallest absolute Gasteiger partial charge is 0.0771 e. The Balaban J connectivity index is 2.44. The van der Waals surface area contributed by atoms with Crippen LogP contribution in [0.3, 0.4) is 0 Å². The van der Waals surface area contributed by atoms with Gasteiger partial charge in [0.1, 0.15) is 0 Å². The molecule has 2 N–H and O–H groups in total. The van der Waals surface area contributed by atoms with Crippen molar-refractivity contribution in [1.82, 2.24) is 10.2 Å². The van der Waals surface area contributed by atoms with Crippen LogP contribution in [-0.4, -0.2) is 48.8 Å². The Morgan fingerprint density at radius 3 is 2.11 bits per heavy atom. The van der Waals surface area contributed by atoms with E-state index < -0.39 is 5.60 Å². The van der Waals surface area contributed by atoms with Crippen molar-refractivity contribution in [2.75, 3.05) is 27.2 Å². The number of rotatable bonds is 6. The van der Waals surface area contributed by atoms with Gasteiger partial charge in [-0.2, -0.15) is 0 Å². The van der Waals surface area contributed by atoms with Crippen molar-refractivity contribution in [3.63, 3.8) is 0 Å². The standard InChI is InChI=1S/C15H32N2O/c1-13(2)14(11-17(3)4)16-12-15(18)9-7-5-6-8-10-15/h13-14,16,18H,5-12H2,1-4H3. The zero-order valence-electron chi connectivity index (χ0n) is 12.7. The Morgan fingerprint density at radius 1 is 1.11 bits per heavy atom. The summed E-state index contributed by atoms with van der Waals surface area (Å²) in [6.45, 7) is 6.29. The third-order valence-electron chi connectivity index (χ3n) is 4.09. The second kappa shape index (κ2) is 7.46. The first-order chi connectivity index (χ1) is 8.43. The van der Waals surface area contributed by atoms with Crippen LogP contribution in [0.4, 0.5) is 0 Å². The van der Waals surface area contributed by atoms with Crippen molar-refractivity contribution in [1.29, 1.82) is 0 Å². The van der Waals surface area contributed by atoms with Gasteiger partial charge in [-0.25, -0.2) is 0 Å². The molecule has 1 rings (SSSR count). The molecule has 1 unspecified atom stereocenters. The molecule has 0 aliphatic heterocycles. The normalized spacial score (nSPS) is 22.2. The highest BCUT2D eigenvalue weighted by Gasteiger charge is 2.29. The van der Waals surface area contributed by atoms with Crippen molar-refractivity contribution in [2.24, 2.45) is 5.92 Å². The molecule has 1 atom stereocenters. The molecule has 3 nitrogen and oxygen atoms in total. The van der Waals surface area contributed by atoms with Crippen LogP contribution < -0.4 is 5.32 Å². The first-order valence-corrected chi connectivity index (χ1v) is 7.53. The highest BCUT2D eigenvalue weighted by atomic mass is 16.3. The maximum Gasteiger partial charge on any atom is 0.0771 e. The fourth-order valence-corrected chi connectivity index (χ4v) is 2.79. The zero-order valence-corrected chi connectivity index (χ0v) is 12.7. The summed E-state index contributed by atoms with van der Waals surface area (Å²) in [5.41, 5.74) is -0.462. The van der Waals surface area contributed by atoms with Gasteiger partial charge in [-0.05, 0) is 32.9 Å². The summed E-state index contributed by atoms with van der Waals surface area (Å²) < 4.78 is 0. The summed E-state index contributed by atoms with van der Waals surface area (Å²) in [6, 6.07) is 0.465. The number of aliphatic hydroxyl groups is 1. The van der Waals surface area contributed by atoms with Crippen LogP contribution in [0.15, 0.2) is 0 Å². The van der Waals surface area contributed by atoms with Crippen molar-refractivity contribution in [3.05, 3.63) is 0 Å². The van der Waals surface area contributed by atoms with Gasteiger partial charge < -0.3 is 15.3 Å². The molecule has 0 bridgehead atoms. The first-order valence-electron chi connectivity index (χ1n) is 7.53. The monoisotopic (exact) mass is 256 g/mol. The number of likely N-dealkylation sites (N-methyl/N-ethyl adjacent to an activating group) is 1. The summed E-state index contributed by atoms with van der Waals surface area (Å²) in [6.07, 6.45) is 6.86. The molecule has 1 fully saturated rings.